The maximum Gasteiger partial charge on any atom is 0.172 e. The summed E-state index contributed by atoms with van der Waals surface area (Å²) in [5, 5.41) is 15.9. The molecule has 0 rings (SSSR count). The van der Waals surface area contributed by atoms with Gasteiger partial charge in [0.1, 0.15) is 0 Å². The van der Waals surface area contributed by atoms with Crippen molar-refractivity contribution in [2.24, 2.45) is 5.73 Å². The molecule has 0 spiro atoms. The minimum atomic E-state index is -1.41. The summed E-state index contributed by atoms with van der Waals surface area (Å²) in [5.74, 6) is 0. The normalized spacial score (nSPS) is 11.2. The van der Waals surface area contributed by atoms with E-state index in [-0.39, 0.29) is 0 Å². The van der Waals surface area contributed by atoms with Gasteiger partial charge >= 0.3 is 0 Å². The summed E-state index contributed by atoms with van der Waals surface area (Å²) in [5.41, 5.74) is 4.73. The first-order valence-corrected chi connectivity index (χ1v) is 1.52. The zero-order chi connectivity index (χ0) is 4.99. The minimum absolute atomic E-state index is 1.06. The van der Waals surface area contributed by atoms with Crippen molar-refractivity contribution in [3.8, 4) is 0 Å². The lowest BCUT2D eigenvalue weighted by atomic mass is 10.6. The van der Waals surface area contributed by atoms with Gasteiger partial charge in [-0.05, 0) is 12.3 Å². The molecule has 0 saturated carbocycles. The predicted molar refractivity (Wildman–Crippen MR) is 21.6 cm³/mol. The van der Waals surface area contributed by atoms with Crippen LogP contribution >= 0.6 is 0 Å². The van der Waals surface area contributed by atoms with E-state index in [1.165, 1.54) is 0 Å². The molecule has 0 radical (unpaired) electrons. The van der Waals surface area contributed by atoms with E-state index < -0.39 is 6.29 Å². The molecular weight excluding hydrogens is 82.0 g/mol. The zero-order valence-corrected chi connectivity index (χ0v) is 3.20. The number of rotatable bonds is 1. The molecule has 3 nitrogen and oxygen atoms in total. The van der Waals surface area contributed by atoms with E-state index in [9.17, 15) is 0 Å². The fraction of sp³-hybridized carbons (Fsp3) is 0.333. The van der Waals surface area contributed by atoms with Gasteiger partial charge in [-0.1, -0.05) is 0 Å². The molecular formula is C3H7NO2. The maximum absolute atomic E-state index is 7.94. The van der Waals surface area contributed by atoms with Gasteiger partial charge in [-0.3, -0.25) is 0 Å². The lowest BCUT2D eigenvalue weighted by molar-refractivity contribution is 0.00224. The largest absolute Gasteiger partial charge is 0.405 e. The third-order valence-corrected chi connectivity index (χ3v) is 0.283. The Kier molecular flexibility index (Phi) is 2.44. The van der Waals surface area contributed by atoms with Gasteiger partial charge < -0.3 is 15.9 Å². The third kappa shape index (κ3) is 3.46. The van der Waals surface area contributed by atoms with Crippen molar-refractivity contribution in [3.63, 3.8) is 0 Å². The second kappa shape index (κ2) is 2.68. The minimum Gasteiger partial charge on any atom is -0.405 e. The SMILES string of the molecule is N/C=C/C(O)O. The van der Waals surface area contributed by atoms with Crippen LogP contribution < -0.4 is 5.73 Å². The van der Waals surface area contributed by atoms with Gasteiger partial charge in [-0.15, -0.1) is 0 Å². The van der Waals surface area contributed by atoms with E-state index in [1.807, 2.05) is 0 Å². The molecule has 0 amide bonds. The molecule has 0 bridgehead atoms. The number of hydrogen-bond donors (Lipinski definition) is 3. The lowest BCUT2D eigenvalue weighted by Crippen LogP contribution is -1.98. The highest BCUT2D eigenvalue weighted by molar-refractivity contribution is 4.76. The molecule has 4 N–H and O–H groups in total. The maximum atomic E-state index is 7.94. The summed E-state index contributed by atoms with van der Waals surface area (Å²) >= 11 is 0. The third-order valence-electron chi connectivity index (χ3n) is 0.283. The first kappa shape index (κ1) is 5.46. The Morgan fingerprint density at radius 2 is 2.00 bits per heavy atom. The predicted octanol–water partition coefficient (Wildman–Crippen LogP) is -1.23. The molecule has 0 saturated heterocycles. The van der Waals surface area contributed by atoms with Crippen LogP contribution in [-0.2, 0) is 0 Å². The number of aliphatic hydroxyl groups is 2. The lowest BCUT2D eigenvalue weighted by Gasteiger charge is -1.86. The molecule has 0 aliphatic rings. The zero-order valence-electron chi connectivity index (χ0n) is 3.20. The van der Waals surface area contributed by atoms with Crippen LogP contribution in [-0.4, -0.2) is 16.5 Å². The summed E-state index contributed by atoms with van der Waals surface area (Å²) in [6.07, 6.45) is 0.722. The van der Waals surface area contributed by atoms with E-state index in [1.54, 1.807) is 0 Å². The van der Waals surface area contributed by atoms with Crippen LogP contribution in [0.15, 0.2) is 12.3 Å². The average Bonchev–Trinajstić information content (AvgIpc) is 1.35. The van der Waals surface area contributed by atoms with Gasteiger partial charge in [0.2, 0.25) is 0 Å². The molecule has 0 aliphatic carbocycles. The molecule has 36 valence electrons. The summed E-state index contributed by atoms with van der Waals surface area (Å²) in [7, 11) is 0. The van der Waals surface area contributed by atoms with Crippen molar-refractivity contribution in [2.45, 2.75) is 6.29 Å². The summed E-state index contributed by atoms with van der Waals surface area (Å²) in [6, 6.07) is 0. The molecule has 0 aliphatic heterocycles. The van der Waals surface area contributed by atoms with Crippen LogP contribution in [0.3, 0.4) is 0 Å². The van der Waals surface area contributed by atoms with Crippen molar-refractivity contribution in [2.75, 3.05) is 0 Å². The molecule has 0 fully saturated rings. The Hall–Kier alpha value is -0.540. The number of nitrogens with two attached hydrogens (primary N) is 1. The molecule has 0 aromatic rings. The quantitative estimate of drug-likeness (QED) is 0.352. The summed E-state index contributed by atoms with van der Waals surface area (Å²) < 4.78 is 0. The Morgan fingerprint density at radius 1 is 1.50 bits per heavy atom. The fourth-order valence-electron chi connectivity index (χ4n) is 0.0994. The second-order valence-corrected chi connectivity index (χ2v) is 0.799. The average molecular weight is 89.1 g/mol. The molecule has 0 aromatic heterocycles. The van der Waals surface area contributed by atoms with E-state index in [4.69, 9.17) is 15.9 Å². The second-order valence-electron chi connectivity index (χ2n) is 0.799. The van der Waals surface area contributed by atoms with Gasteiger partial charge in [0, 0.05) is 0 Å². The highest BCUT2D eigenvalue weighted by Crippen LogP contribution is 1.70. The van der Waals surface area contributed by atoms with E-state index in [0.29, 0.717) is 0 Å². The first-order valence-electron chi connectivity index (χ1n) is 1.52. The van der Waals surface area contributed by atoms with E-state index in [0.717, 1.165) is 12.3 Å². The summed E-state index contributed by atoms with van der Waals surface area (Å²) in [4.78, 5) is 0. The van der Waals surface area contributed by atoms with Crippen molar-refractivity contribution in [1.82, 2.24) is 0 Å². The van der Waals surface area contributed by atoms with Crippen LogP contribution in [0.4, 0.5) is 0 Å². The molecule has 3 heteroatoms. The molecule has 0 heterocycles. The Morgan fingerprint density at radius 3 is 2.00 bits per heavy atom. The standard InChI is InChI=1S/C3H7NO2/c4-2-1-3(5)6/h1-3,5-6H,4H2/b2-1+. The Bertz CT molecular complexity index is 50.8. The van der Waals surface area contributed by atoms with Crippen molar-refractivity contribution in [3.05, 3.63) is 12.3 Å². The Balaban J connectivity index is 3.03. The highest BCUT2D eigenvalue weighted by Gasteiger charge is 1.80. The number of hydrogen-bond acceptors (Lipinski definition) is 3. The topological polar surface area (TPSA) is 66.5 Å². The molecule has 0 aromatic carbocycles. The Labute approximate surface area is 35.7 Å². The van der Waals surface area contributed by atoms with Crippen LogP contribution in [0.5, 0.6) is 0 Å². The number of aliphatic hydroxyl groups excluding tert-OH is 1. The van der Waals surface area contributed by atoms with Gasteiger partial charge in [0.05, 0.1) is 0 Å². The summed E-state index contributed by atoms with van der Waals surface area (Å²) in [6.45, 7) is 0. The van der Waals surface area contributed by atoms with Crippen LogP contribution in [0.25, 0.3) is 0 Å². The van der Waals surface area contributed by atoms with E-state index >= 15 is 0 Å². The molecule has 0 unspecified atom stereocenters. The van der Waals surface area contributed by atoms with Gasteiger partial charge in [0.15, 0.2) is 6.29 Å². The van der Waals surface area contributed by atoms with Crippen LogP contribution in [0.1, 0.15) is 0 Å². The molecule has 0 atom stereocenters. The monoisotopic (exact) mass is 89.0 g/mol. The van der Waals surface area contributed by atoms with Crippen molar-refractivity contribution in [1.29, 1.82) is 0 Å². The fourth-order valence-corrected chi connectivity index (χ4v) is 0.0994. The van der Waals surface area contributed by atoms with Gasteiger partial charge in [-0.25, -0.2) is 0 Å². The smallest absolute Gasteiger partial charge is 0.172 e. The molecule has 6 heavy (non-hydrogen) atoms. The van der Waals surface area contributed by atoms with Gasteiger partial charge in [0.25, 0.3) is 0 Å². The van der Waals surface area contributed by atoms with Gasteiger partial charge in [-0.2, -0.15) is 0 Å². The first-order chi connectivity index (χ1) is 2.77. The van der Waals surface area contributed by atoms with E-state index in [2.05, 4.69) is 0 Å². The van der Waals surface area contributed by atoms with Crippen molar-refractivity contribution < 1.29 is 10.2 Å². The van der Waals surface area contributed by atoms with Crippen LogP contribution in [0.2, 0.25) is 0 Å². The van der Waals surface area contributed by atoms with Crippen LogP contribution in [0, 0.1) is 0 Å². The van der Waals surface area contributed by atoms with Crippen molar-refractivity contribution >= 4 is 0 Å². The highest BCUT2D eigenvalue weighted by atomic mass is 16.5.